The smallest absolute Gasteiger partial charge is 0.364 e. The highest BCUT2D eigenvalue weighted by Gasteiger charge is 2.65. The van der Waals surface area contributed by atoms with E-state index in [0.29, 0.717) is 0 Å². The Labute approximate surface area is 784 Å². The molecule has 63 heteroatoms. The first-order chi connectivity index (χ1) is 65.7. The van der Waals surface area contributed by atoms with Crippen LogP contribution in [0.15, 0.2) is 0 Å². The fraction of sp³-hybridized carbons (Fsp3) is 0.947. The van der Waals surface area contributed by atoms with E-state index in [1.807, 2.05) is 0 Å². The van der Waals surface area contributed by atoms with E-state index in [1.54, 1.807) is 0 Å². The molecule has 0 saturated carbocycles. The molecule has 0 aromatic rings. The molecular formula is C76H127N3O60. The van der Waals surface area contributed by atoms with Gasteiger partial charge in [0.1, 0.15) is 274 Å². The molecule has 11 rings (SSSR count). The van der Waals surface area contributed by atoms with Gasteiger partial charge in [-0.1, -0.05) is 0 Å². The summed E-state index contributed by atoms with van der Waals surface area (Å²) in [5.74, 6) is -8.54. The first-order valence-electron chi connectivity index (χ1n) is 43.9. The molecule has 63 nitrogen and oxygen atoms in total. The van der Waals surface area contributed by atoms with Gasteiger partial charge in [0, 0.05) is 27.2 Å². The number of ether oxygens (including phenoxy) is 21. The number of amides is 3. The summed E-state index contributed by atoms with van der Waals surface area (Å²) < 4.78 is 124. The second kappa shape index (κ2) is 49.7. The molecule has 0 radical (unpaired) electrons. The van der Waals surface area contributed by atoms with Crippen LogP contribution >= 0.6 is 0 Å². The van der Waals surface area contributed by atoms with Crippen molar-refractivity contribution in [2.24, 2.45) is 0 Å². The summed E-state index contributed by atoms with van der Waals surface area (Å²) in [6, 6.07) is -5.82. The largest absolute Gasteiger partial charge is 0.477 e. The van der Waals surface area contributed by atoms with Gasteiger partial charge in [0.05, 0.1) is 78.8 Å². The summed E-state index contributed by atoms with van der Waals surface area (Å²) in [7, 11) is 0. The summed E-state index contributed by atoms with van der Waals surface area (Å²) >= 11 is 0. The van der Waals surface area contributed by atoms with Crippen LogP contribution in [-0.4, -0.2) is 624 Å². The van der Waals surface area contributed by atoms with E-state index < -0.39 is 452 Å². The first-order valence-corrected chi connectivity index (χ1v) is 43.9. The molecule has 38 N–H and O–H groups in total. The fourth-order valence-electron chi connectivity index (χ4n) is 18.0. The predicted molar refractivity (Wildman–Crippen MR) is 420 cm³/mol. The van der Waals surface area contributed by atoms with Crippen molar-refractivity contribution in [3.63, 3.8) is 0 Å². The first kappa shape index (κ1) is 115. The topological polar surface area (TPSA) is 1010 Å². The average Bonchev–Trinajstić information content (AvgIpc) is 0.748. The normalized spacial score (nSPS) is 49.2. The van der Waals surface area contributed by atoms with Crippen LogP contribution < -0.4 is 16.0 Å². The zero-order valence-corrected chi connectivity index (χ0v) is 73.7. The summed E-state index contributed by atoms with van der Waals surface area (Å²) in [6.45, 7) is -11.2. The third kappa shape index (κ3) is 24.8. The van der Waals surface area contributed by atoms with Gasteiger partial charge in [0.2, 0.25) is 17.7 Å². The van der Waals surface area contributed by atoms with E-state index in [4.69, 9.17) is 99.5 Å². The van der Waals surface area contributed by atoms with E-state index in [9.17, 15) is 198 Å². The van der Waals surface area contributed by atoms with E-state index in [-0.39, 0.29) is 0 Å². The quantitative estimate of drug-likeness (QED) is 0.0273. The Morgan fingerprint density at radius 3 is 0.921 bits per heavy atom. The van der Waals surface area contributed by atoms with Crippen LogP contribution in [0.5, 0.6) is 0 Å². The van der Waals surface area contributed by atoms with Gasteiger partial charge < -0.3 is 294 Å². The van der Waals surface area contributed by atoms with Crippen molar-refractivity contribution in [2.45, 2.75) is 376 Å². The van der Waals surface area contributed by atoms with Gasteiger partial charge in [-0.25, -0.2) is 4.79 Å². The van der Waals surface area contributed by atoms with Gasteiger partial charge in [0.15, 0.2) is 62.9 Å². The van der Waals surface area contributed by atoms with Gasteiger partial charge in [-0.3, -0.25) is 14.4 Å². The van der Waals surface area contributed by atoms with Crippen molar-refractivity contribution in [3.05, 3.63) is 0 Å². The number of aliphatic hydroxyl groups excluding tert-OH is 33. The number of carbonyl (C=O) groups is 4. The minimum atomic E-state index is -3.43. The second-order valence-electron chi connectivity index (χ2n) is 35.0. The molecule has 57 atom stereocenters. The monoisotopic (exact) mass is 2040 g/mol. The molecule has 806 valence electrons. The highest BCUT2D eigenvalue weighted by molar-refractivity contribution is 5.76. The Balaban J connectivity index is 0.918. The van der Waals surface area contributed by atoms with Crippen LogP contribution in [0.2, 0.25) is 0 Å². The van der Waals surface area contributed by atoms with Gasteiger partial charge in [-0.2, -0.15) is 0 Å². The molecule has 0 aromatic heterocycles. The maximum absolute atomic E-state index is 13.1. The number of hydrogen-bond acceptors (Lipinski definition) is 59. The van der Waals surface area contributed by atoms with Gasteiger partial charge in [0.25, 0.3) is 5.79 Å². The number of carboxylic acid groups (broad SMARTS) is 1. The molecule has 11 heterocycles. The van der Waals surface area contributed by atoms with Crippen LogP contribution in [-0.2, 0) is 119 Å². The number of hydrogen-bond donors (Lipinski definition) is 38. The summed E-state index contributed by atoms with van der Waals surface area (Å²) in [5.41, 5.74) is 0. The maximum atomic E-state index is 13.1. The third-order valence-corrected chi connectivity index (χ3v) is 25.4. The molecule has 0 aliphatic carbocycles. The molecule has 11 aliphatic rings. The van der Waals surface area contributed by atoms with Crippen LogP contribution in [0, 0.1) is 0 Å². The van der Waals surface area contributed by atoms with E-state index in [1.165, 1.54) is 0 Å². The van der Waals surface area contributed by atoms with Gasteiger partial charge in [-0.15, -0.1) is 0 Å². The average molecular weight is 2040 g/mol. The molecule has 11 saturated heterocycles. The molecule has 11 fully saturated rings. The highest BCUT2D eigenvalue weighted by atomic mass is 16.8. The lowest BCUT2D eigenvalue weighted by Crippen LogP contribution is -2.72. The van der Waals surface area contributed by atoms with Crippen molar-refractivity contribution >= 4 is 23.7 Å². The maximum Gasteiger partial charge on any atom is 0.364 e. The number of carboxylic acids is 1. The molecule has 11 aliphatic heterocycles. The number of aliphatic hydroxyl groups is 34. The Hall–Kier alpha value is -4.32. The third-order valence-electron chi connectivity index (χ3n) is 25.4. The van der Waals surface area contributed by atoms with Crippen LogP contribution in [0.1, 0.15) is 27.2 Å². The van der Waals surface area contributed by atoms with Crippen molar-refractivity contribution in [2.75, 3.05) is 72.7 Å². The Kier molecular flexibility index (Phi) is 41.1. The predicted octanol–water partition coefficient (Wildman–Crippen LogP) is -26.0. The summed E-state index contributed by atoms with van der Waals surface area (Å²) in [4.78, 5) is 50.8. The SMILES string of the molecule is CC(=O)N[C@H]1[C@H](O[C@H]2[C@@H](O)[C@@H](CO)O[C@@H](O[C@H]3[C@H](O)[C@@H](O)[C@H](O[C@H]4[C@H](O[C@H]5O[C@H]([C@@H](O)CO)[C@@H](O)[C@H](O[C@H]6O[C@H](CO)[C@@H](O[C@@H]7O[C@H](CO)[C@H](O)[C@H](O)[C@H]7O)[C@H](O)[C@H]6O)[C@@H]5O[C@H]5O[C@H](CO)[C@@H](O)[C@H](O)[C@H]5NC(C)=O)[C@H](O)[C@@H](O[C@H]5[C@@H]([C@H](O)CO)O[C@@](O)(C(=O)O)C[C@H]5O)O[C@@H]4[C@@H](O)CO)O[C@@H]3CO)[C@@H]2O)O[C@H](CO)[C@@H](O[C@@H]2O[C@H](CO)[C@H](O)[C@H](O[C@H]3O[C@H](CO)[C@H](O)[C@H](O)[C@H]3NC(C)=O)[C@H]2O)[C@@H]1O. The zero-order chi connectivity index (χ0) is 103. The van der Waals surface area contributed by atoms with Crippen molar-refractivity contribution in [1.29, 1.82) is 0 Å². The minimum absolute atomic E-state index is 0.827. The lowest BCUT2D eigenvalue weighted by Gasteiger charge is -2.53. The summed E-state index contributed by atoms with van der Waals surface area (Å²) in [6.07, 6.45) is -125. The Bertz CT molecular complexity index is 3820. The molecule has 0 spiro atoms. The molecule has 3 amide bonds. The van der Waals surface area contributed by atoms with Crippen LogP contribution in [0.25, 0.3) is 0 Å². The lowest BCUT2D eigenvalue weighted by atomic mass is 9.91. The molecular weight excluding hydrogens is 1910 g/mol. The van der Waals surface area contributed by atoms with Gasteiger partial charge in [-0.05, 0) is 0 Å². The molecule has 0 unspecified atom stereocenters. The van der Waals surface area contributed by atoms with Crippen LogP contribution in [0.3, 0.4) is 0 Å². The molecule has 139 heavy (non-hydrogen) atoms. The zero-order valence-electron chi connectivity index (χ0n) is 73.7. The molecule has 0 bridgehead atoms. The van der Waals surface area contributed by atoms with Crippen molar-refractivity contribution in [3.8, 4) is 0 Å². The summed E-state index contributed by atoms with van der Waals surface area (Å²) in [5, 5.41) is 401. The van der Waals surface area contributed by atoms with Crippen molar-refractivity contribution in [1.82, 2.24) is 16.0 Å². The highest BCUT2D eigenvalue weighted by Crippen LogP contribution is 2.45. The number of rotatable bonds is 38. The lowest BCUT2D eigenvalue weighted by molar-refractivity contribution is -0.423. The number of aliphatic carboxylic acids is 1. The van der Waals surface area contributed by atoms with Crippen LogP contribution in [0.4, 0.5) is 0 Å². The van der Waals surface area contributed by atoms with E-state index in [0.717, 1.165) is 20.8 Å². The number of carbonyl (C=O) groups excluding carboxylic acids is 3. The second-order valence-corrected chi connectivity index (χ2v) is 35.0. The van der Waals surface area contributed by atoms with Gasteiger partial charge >= 0.3 is 5.97 Å². The van der Waals surface area contributed by atoms with Crippen molar-refractivity contribution < 1.29 is 297 Å². The standard InChI is InChI=1S/C76H127N3O60/c1-16(91)77-31-39(103)34(98)23(8-83)119-65(31)133-59-37(101)26(11-86)122-71(49(59)113)130-56-28(13-88)124-67(33(41(56)105)79-18(3)93)134-60-38(102)27(12-87)123-72(50(60)114)132-58-30(15-90)126-70(47(111)44(58)108)137-63-54(21(96)6-81)129-73(128-53-19(94)4-76(118,75(116)117)139-55(53)22(97)7-82)51(115)62(63)136-74-64(138-66-32(78-17(2)92)40(104)35(99)24(9-84)120-66)61(48(112)52(127-74)20(95)5-80)135-69-46(110)43(107)57(29(14-89)125-69)131-68-45(109)42(106)36(100)25(10-85)121-68/h19-74,80-90,94-115,118H,4-15H2,1-3H3,(H,77,91)(H,78,92)(H,79,93)(H,116,117)/t19-,20+,21+,22-,23-,24-,25-,26-,27-,28-,29-,30-,31-,32-,33-,34+,35-,36+,37+,38+,39-,40-,41-,42+,43-,44-,45-,46-,47-,48-,49-,50-,51+,52-,53-,54-,55-,56-,57-,58-,59+,60+,61+,62-,63-,64+,65-,66-,67+,68+,69-,70+,71+,72+,73+,74-,76-/m1/s1. The number of nitrogens with one attached hydrogen (secondary N) is 3. The fourth-order valence-corrected chi connectivity index (χ4v) is 18.0. The van der Waals surface area contributed by atoms with E-state index >= 15 is 0 Å². The Morgan fingerprint density at radius 1 is 0.266 bits per heavy atom. The molecule has 0 aromatic carbocycles. The van der Waals surface area contributed by atoms with E-state index in [2.05, 4.69) is 16.0 Å². The Morgan fingerprint density at radius 2 is 0.532 bits per heavy atom. The minimum Gasteiger partial charge on any atom is -0.477 e.